The van der Waals surface area contributed by atoms with E-state index in [0.29, 0.717) is 0 Å². The molecule has 0 saturated heterocycles. The molecule has 2 unspecified atom stereocenters. The molecule has 0 aromatic rings. The summed E-state index contributed by atoms with van der Waals surface area (Å²) in [4.78, 5) is 10.7. The lowest BCUT2D eigenvalue weighted by Gasteiger charge is -2.12. The zero-order valence-corrected chi connectivity index (χ0v) is 7.03. The summed E-state index contributed by atoms with van der Waals surface area (Å²) in [5.74, 6) is -0.285. The number of carbonyl (C=O) groups excluding carboxylic acids is 1. The summed E-state index contributed by atoms with van der Waals surface area (Å²) in [6.07, 6.45) is -1.88. The summed E-state index contributed by atoms with van der Waals surface area (Å²) in [6.45, 7) is -0.398. The van der Waals surface area contributed by atoms with E-state index >= 15 is 0 Å². The summed E-state index contributed by atoms with van der Waals surface area (Å²) < 4.78 is 0. The third-order valence-corrected chi connectivity index (χ3v) is 1.45. The van der Waals surface area contributed by atoms with E-state index < -0.39 is 18.8 Å². The standard InChI is InChI=1S/C7H15NO4/c1-8-7(12)3-5(10)2-6(11)4-9/h5-6,9-11H,2-4H2,1H3,(H,8,12). The molecule has 0 bridgehead atoms. The largest absolute Gasteiger partial charge is 0.394 e. The minimum atomic E-state index is -0.954. The molecule has 5 nitrogen and oxygen atoms in total. The van der Waals surface area contributed by atoms with Crippen molar-refractivity contribution in [2.45, 2.75) is 25.0 Å². The van der Waals surface area contributed by atoms with E-state index in [2.05, 4.69) is 5.32 Å². The molecule has 72 valence electrons. The van der Waals surface area contributed by atoms with Crippen LogP contribution in [0.3, 0.4) is 0 Å². The fraction of sp³-hybridized carbons (Fsp3) is 0.857. The van der Waals surface area contributed by atoms with E-state index in [1.165, 1.54) is 7.05 Å². The van der Waals surface area contributed by atoms with E-state index in [0.717, 1.165) is 0 Å². The van der Waals surface area contributed by atoms with Gasteiger partial charge in [-0.25, -0.2) is 0 Å². The maximum absolute atomic E-state index is 10.7. The van der Waals surface area contributed by atoms with Gasteiger partial charge in [-0.05, 0) is 0 Å². The smallest absolute Gasteiger partial charge is 0.222 e. The van der Waals surface area contributed by atoms with E-state index in [9.17, 15) is 4.79 Å². The molecule has 0 heterocycles. The molecular weight excluding hydrogens is 162 g/mol. The normalized spacial score (nSPS) is 15.3. The van der Waals surface area contributed by atoms with Gasteiger partial charge in [0.1, 0.15) is 0 Å². The van der Waals surface area contributed by atoms with Crippen LogP contribution in [0.5, 0.6) is 0 Å². The van der Waals surface area contributed by atoms with Gasteiger partial charge >= 0.3 is 0 Å². The highest BCUT2D eigenvalue weighted by Crippen LogP contribution is 2.01. The van der Waals surface area contributed by atoms with Crippen LogP contribution < -0.4 is 5.32 Å². The zero-order valence-electron chi connectivity index (χ0n) is 7.03. The molecule has 0 spiro atoms. The molecule has 4 N–H and O–H groups in total. The second-order valence-corrected chi connectivity index (χ2v) is 2.60. The molecule has 5 heteroatoms. The van der Waals surface area contributed by atoms with Crippen molar-refractivity contribution >= 4 is 5.91 Å². The monoisotopic (exact) mass is 177 g/mol. The van der Waals surface area contributed by atoms with Gasteiger partial charge in [-0.2, -0.15) is 0 Å². The number of hydrogen-bond donors (Lipinski definition) is 4. The Morgan fingerprint density at radius 2 is 2.00 bits per heavy atom. The van der Waals surface area contributed by atoms with Gasteiger partial charge in [0, 0.05) is 13.5 Å². The Hall–Kier alpha value is -0.650. The van der Waals surface area contributed by atoms with Gasteiger partial charge in [-0.1, -0.05) is 0 Å². The Morgan fingerprint density at radius 1 is 1.42 bits per heavy atom. The molecule has 0 aliphatic carbocycles. The fourth-order valence-corrected chi connectivity index (χ4v) is 0.788. The molecule has 1 amide bonds. The van der Waals surface area contributed by atoms with Crippen LogP contribution in [0, 0.1) is 0 Å². The quantitative estimate of drug-likeness (QED) is 0.400. The van der Waals surface area contributed by atoms with Crippen molar-refractivity contribution < 1.29 is 20.1 Å². The first kappa shape index (κ1) is 11.4. The van der Waals surface area contributed by atoms with Crippen LogP contribution in [0.1, 0.15) is 12.8 Å². The van der Waals surface area contributed by atoms with Crippen LogP contribution in [-0.2, 0) is 4.79 Å². The lowest BCUT2D eigenvalue weighted by molar-refractivity contribution is -0.122. The summed E-state index contributed by atoms with van der Waals surface area (Å²) in [6, 6.07) is 0. The number of aliphatic hydroxyl groups is 3. The molecule has 0 saturated carbocycles. The van der Waals surface area contributed by atoms with Gasteiger partial charge in [0.05, 0.1) is 25.2 Å². The maximum Gasteiger partial charge on any atom is 0.222 e. The Kier molecular flexibility index (Phi) is 5.61. The van der Waals surface area contributed by atoms with Crippen molar-refractivity contribution in [3.05, 3.63) is 0 Å². The van der Waals surface area contributed by atoms with Crippen LogP contribution >= 0.6 is 0 Å². The number of aliphatic hydroxyl groups excluding tert-OH is 3. The molecule has 0 rings (SSSR count). The van der Waals surface area contributed by atoms with E-state index in [-0.39, 0.29) is 18.7 Å². The first-order valence-electron chi connectivity index (χ1n) is 3.77. The molecule has 12 heavy (non-hydrogen) atoms. The summed E-state index contributed by atoms with van der Waals surface area (Å²) in [5, 5.41) is 28.7. The molecule has 0 aromatic carbocycles. The predicted molar refractivity (Wildman–Crippen MR) is 42.4 cm³/mol. The molecule has 0 radical (unpaired) electrons. The number of nitrogens with one attached hydrogen (secondary N) is 1. The van der Waals surface area contributed by atoms with Gasteiger partial charge < -0.3 is 20.6 Å². The van der Waals surface area contributed by atoms with Crippen molar-refractivity contribution in [2.75, 3.05) is 13.7 Å². The zero-order chi connectivity index (χ0) is 9.56. The number of amides is 1. The minimum absolute atomic E-state index is 0.0178. The predicted octanol–water partition coefficient (Wildman–Crippen LogP) is -1.77. The number of carbonyl (C=O) groups is 1. The second kappa shape index (κ2) is 5.93. The van der Waals surface area contributed by atoms with Gasteiger partial charge in [-0.3, -0.25) is 4.79 Å². The highest BCUT2D eigenvalue weighted by Gasteiger charge is 2.13. The maximum atomic E-state index is 10.7. The van der Waals surface area contributed by atoms with Crippen LogP contribution in [0.15, 0.2) is 0 Å². The Bertz CT molecular complexity index is 139. The average molecular weight is 177 g/mol. The van der Waals surface area contributed by atoms with Crippen molar-refractivity contribution in [3.8, 4) is 0 Å². The first-order valence-corrected chi connectivity index (χ1v) is 3.77. The Balaban J connectivity index is 3.58. The van der Waals surface area contributed by atoms with E-state index in [1.807, 2.05) is 0 Å². The van der Waals surface area contributed by atoms with E-state index in [4.69, 9.17) is 15.3 Å². The number of rotatable bonds is 5. The lowest BCUT2D eigenvalue weighted by atomic mass is 10.1. The second-order valence-electron chi connectivity index (χ2n) is 2.60. The van der Waals surface area contributed by atoms with Crippen LogP contribution in [-0.4, -0.2) is 47.1 Å². The van der Waals surface area contributed by atoms with Gasteiger partial charge in [0.2, 0.25) is 5.91 Å². The van der Waals surface area contributed by atoms with Crippen LogP contribution in [0.25, 0.3) is 0 Å². The number of hydrogen-bond acceptors (Lipinski definition) is 4. The topological polar surface area (TPSA) is 89.8 Å². The molecule has 0 fully saturated rings. The van der Waals surface area contributed by atoms with Gasteiger partial charge in [0.25, 0.3) is 0 Å². The molecule has 0 aliphatic rings. The van der Waals surface area contributed by atoms with Crippen LogP contribution in [0.2, 0.25) is 0 Å². The van der Waals surface area contributed by atoms with Gasteiger partial charge in [-0.15, -0.1) is 0 Å². The molecular formula is C7H15NO4. The molecule has 2 atom stereocenters. The van der Waals surface area contributed by atoms with Crippen molar-refractivity contribution in [3.63, 3.8) is 0 Å². The third kappa shape index (κ3) is 5.06. The van der Waals surface area contributed by atoms with Crippen molar-refractivity contribution in [1.29, 1.82) is 0 Å². The van der Waals surface area contributed by atoms with Crippen LogP contribution in [0.4, 0.5) is 0 Å². The van der Waals surface area contributed by atoms with E-state index in [1.54, 1.807) is 0 Å². The lowest BCUT2D eigenvalue weighted by Crippen LogP contribution is -2.27. The summed E-state index contributed by atoms with van der Waals surface area (Å²) in [5.41, 5.74) is 0. The SMILES string of the molecule is CNC(=O)CC(O)CC(O)CO. The summed E-state index contributed by atoms with van der Waals surface area (Å²) in [7, 11) is 1.47. The Morgan fingerprint density at radius 3 is 2.42 bits per heavy atom. The highest BCUT2D eigenvalue weighted by atomic mass is 16.3. The first-order chi connectivity index (χ1) is 5.60. The van der Waals surface area contributed by atoms with Crippen molar-refractivity contribution in [1.82, 2.24) is 5.32 Å². The Labute approximate surface area is 71.0 Å². The summed E-state index contributed by atoms with van der Waals surface area (Å²) >= 11 is 0. The minimum Gasteiger partial charge on any atom is -0.394 e. The highest BCUT2D eigenvalue weighted by molar-refractivity contribution is 5.75. The fourth-order valence-electron chi connectivity index (χ4n) is 0.788. The molecule has 0 aromatic heterocycles. The van der Waals surface area contributed by atoms with Crippen molar-refractivity contribution in [2.24, 2.45) is 0 Å². The molecule has 0 aliphatic heterocycles. The third-order valence-electron chi connectivity index (χ3n) is 1.45. The van der Waals surface area contributed by atoms with Gasteiger partial charge in [0.15, 0.2) is 0 Å². The average Bonchev–Trinajstić information content (AvgIpc) is 2.03.